The number of carbonyl (C=O) groups is 1. The van der Waals surface area contributed by atoms with Gasteiger partial charge in [-0.2, -0.15) is 12.6 Å². The minimum atomic E-state index is -0.438. The molecule has 2 rings (SSSR count). The molecular formula is C16H21BO3S. The summed E-state index contributed by atoms with van der Waals surface area (Å²) in [6.45, 7) is 8.07. The van der Waals surface area contributed by atoms with E-state index in [1.54, 1.807) is 6.07 Å². The van der Waals surface area contributed by atoms with Crippen LogP contribution in [-0.2, 0) is 9.31 Å². The van der Waals surface area contributed by atoms with Gasteiger partial charge in [0.15, 0.2) is 6.29 Å². The second-order valence-corrected chi connectivity index (χ2v) is 6.53. The average molecular weight is 304 g/mol. The standard InChI is InChI=1S/C16H21BO3S/c1-15(2)16(3,4)20-17(19-15)14(11-21)9-12-7-5-6-8-13(12)10-18/h5-10,21H,11H2,1-4H3. The number of hydrogen-bond acceptors (Lipinski definition) is 4. The molecule has 0 aliphatic carbocycles. The second-order valence-electron chi connectivity index (χ2n) is 6.21. The van der Waals surface area contributed by atoms with Crippen molar-refractivity contribution < 1.29 is 14.1 Å². The highest BCUT2D eigenvalue weighted by Gasteiger charge is 2.52. The average Bonchev–Trinajstić information content (AvgIpc) is 2.65. The zero-order valence-electron chi connectivity index (χ0n) is 12.9. The predicted molar refractivity (Wildman–Crippen MR) is 89.7 cm³/mol. The summed E-state index contributed by atoms with van der Waals surface area (Å²) in [6, 6.07) is 7.44. The van der Waals surface area contributed by atoms with Gasteiger partial charge in [-0.25, -0.2) is 0 Å². The van der Waals surface area contributed by atoms with E-state index in [1.807, 2.05) is 52.0 Å². The normalized spacial score (nSPS) is 20.6. The Hall–Kier alpha value is -1.04. The molecule has 5 heteroatoms. The van der Waals surface area contributed by atoms with Crippen molar-refractivity contribution >= 4 is 32.1 Å². The van der Waals surface area contributed by atoms with Crippen LogP contribution >= 0.6 is 12.6 Å². The lowest BCUT2D eigenvalue weighted by Gasteiger charge is -2.32. The molecule has 0 N–H and O–H groups in total. The van der Waals surface area contributed by atoms with Crippen LogP contribution in [0.1, 0.15) is 43.6 Å². The Kier molecular flexibility index (Phi) is 4.66. The van der Waals surface area contributed by atoms with Crippen LogP contribution < -0.4 is 0 Å². The van der Waals surface area contributed by atoms with Gasteiger partial charge in [0.2, 0.25) is 0 Å². The molecule has 0 aromatic heterocycles. The Balaban J connectivity index is 2.33. The van der Waals surface area contributed by atoms with Crippen LogP contribution in [0.2, 0.25) is 0 Å². The molecule has 1 aliphatic rings. The van der Waals surface area contributed by atoms with E-state index < -0.39 is 7.12 Å². The van der Waals surface area contributed by atoms with E-state index in [2.05, 4.69) is 12.6 Å². The Morgan fingerprint density at radius 2 is 1.67 bits per heavy atom. The third kappa shape index (κ3) is 3.25. The third-order valence-electron chi connectivity index (χ3n) is 4.20. The number of benzene rings is 1. The van der Waals surface area contributed by atoms with E-state index in [0.717, 1.165) is 17.3 Å². The lowest BCUT2D eigenvalue weighted by atomic mass is 9.78. The molecule has 0 radical (unpaired) electrons. The van der Waals surface area contributed by atoms with E-state index in [1.165, 1.54) is 0 Å². The summed E-state index contributed by atoms with van der Waals surface area (Å²) in [5.74, 6) is 0.504. The highest BCUT2D eigenvalue weighted by Crippen LogP contribution is 2.39. The molecule has 1 saturated heterocycles. The Morgan fingerprint density at radius 1 is 1.14 bits per heavy atom. The Morgan fingerprint density at radius 3 is 2.14 bits per heavy atom. The topological polar surface area (TPSA) is 35.5 Å². The minimum Gasteiger partial charge on any atom is -0.400 e. The number of hydrogen-bond donors (Lipinski definition) is 1. The molecule has 1 fully saturated rings. The summed E-state index contributed by atoms with van der Waals surface area (Å²) >= 11 is 4.38. The summed E-state index contributed by atoms with van der Waals surface area (Å²) in [6.07, 6.45) is 2.78. The van der Waals surface area contributed by atoms with Crippen LogP contribution in [0.4, 0.5) is 0 Å². The highest BCUT2D eigenvalue weighted by molar-refractivity contribution is 7.80. The molecule has 3 nitrogen and oxygen atoms in total. The van der Waals surface area contributed by atoms with Crippen LogP contribution in [0.3, 0.4) is 0 Å². The van der Waals surface area contributed by atoms with Gasteiger partial charge in [-0.05, 0) is 38.7 Å². The molecule has 1 heterocycles. The summed E-state index contributed by atoms with van der Waals surface area (Å²) < 4.78 is 12.1. The molecule has 0 amide bonds. The predicted octanol–water partition coefficient (Wildman–Crippen LogP) is 3.44. The molecular weight excluding hydrogens is 283 g/mol. The van der Waals surface area contributed by atoms with Gasteiger partial charge in [0.25, 0.3) is 0 Å². The van der Waals surface area contributed by atoms with Crippen molar-refractivity contribution in [3.8, 4) is 0 Å². The smallest absolute Gasteiger partial charge is 0.400 e. The van der Waals surface area contributed by atoms with Crippen molar-refractivity contribution in [3.05, 3.63) is 40.9 Å². The molecule has 1 aliphatic heterocycles. The van der Waals surface area contributed by atoms with Gasteiger partial charge in [0, 0.05) is 11.3 Å². The van der Waals surface area contributed by atoms with Gasteiger partial charge in [0.05, 0.1) is 11.2 Å². The van der Waals surface area contributed by atoms with E-state index in [9.17, 15) is 4.79 Å². The van der Waals surface area contributed by atoms with Crippen molar-refractivity contribution in [1.82, 2.24) is 0 Å². The first kappa shape index (κ1) is 16.3. The summed E-state index contributed by atoms with van der Waals surface area (Å²) in [5.41, 5.74) is 1.64. The van der Waals surface area contributed by atoms with Gasteiger partial charge >= 0.3 is 7.12 Å². The maximum atomic E-state index is 11.1. The molecule has 0 bridgehead atoms. The van der Waals surface area contributed by atoms with Gasteiger partial charge in [-0.15, -0.1) is 0 Å². The zero-order valence-corrected chi connectivity index (χ0v) is 13.8. The minimum absolute atomic E-state index is 0.385. The lowest BCUT2D eigenvalue weighted by Crippen LogP contribution is -2.41. The van der Waals surface area contributed by atoms with Crippen LogP contribution in [0, 0.1) is 0 Å². The fourth-order valence-corrected chi connectivity index (χ4v) is 2.37. The second kappa shape index (κ2) is 5.99. The summed E-state index contributed by atoms with van der Waals surface area (Å²) in [5, 5.41) is 0. The fourth-order valence-electron chi connectivity index (χ4n) is 2.13. The number of thiol groups is 1. The first-order chi connectivity index (χ1) is 9.80. The SMILES string of the molecule is CC1(C)OB(C(=Cc2ccccc2C=O)CS)OC1(C)C. The first-order valence-electron chi connectivity index (χ1n) is 7.02. The molecule has 1 aromatic rings. The molecule has 0 unspecified atom stereocenters. The van der Waals surface area contributed by atoms with Gasteiger partial charge in [0.1, 0.15) is 0 Å². The van der Waals surface area contributed by atoms with E-state index >= 15 is 0 Å². The molecule has 0 saturated carbocycles. The van der Waals surface area contributed by atoms with Crippen LogP contribution in [0.5, 0.6) is 0 Å². The Bertz CT molecular complexity index is 550. The lowest BCUT2D eigenvalue weighted by molar-refractivity contribution is 0.00578. The maximum absolute atomic E-state index is 11.1. The number of aldehydes is 1. The van der Waals surface area contributed by atoms with Gasteiger partial charge in [-0.1, -0.05) is 30.3 Å². The van der Waals surface area contributed by atoms with Crippen molar-refractivity contribution in [2.75, 3.05) is 5.75 Å². The van der Waals surface area contributed by atoms with E-state index in [4.69, 9.17) is 9.31 Å². The van der Waals surface area contributed by atoms with Crippen molar-refractivity contribution in [1.29, 1.82) is 0 Å². The highest BCUT2D eigenvalue weighted by atomic mass is 32.1. The fraction of sp³-hybridized carbons (Fsp3) is 0.438. The number of rotatable bonds is 4. The zero-order chi connectivity index (χ0) is 15.7. The Labute approximate surface area is 132 Å². The van der Waals surface area contributed by atoms with Crippen LogP contribution in [0.25, 0.3) is 6.08 Å². The molecule has 0 atom stereocenters. The number of carbonyl (C=O) groups excluding carboxylic acids is 1. The van der Waals surface area contributed by atoms with Crippen molar-refractivity contribution in [2.45, 2.75) is 38.9 Å². The molecule has 1 aromatic carbocycles. The molecule has 112 valence electrons. The van der Waals surface area contributed by atoms with Crippen LogP contribution in [-0.4, -0.2) is 30.4 Å². The van der Waals surface area contributed by atoms with Gasteiger partial charge in [-0.3, -0.25) is 4.79 Å². The molecule has 0 spiro atoms. The third-order valence-corrected chi connectivity index (χ3v) is 4.57. The van der Waals surface area contributed by atoms with Crippen molar-refractivity contribution in [2.24, 2.45) is 0 Å². The van der Waals surface area contributed by atoms with E-state index in [-0.39, 0.29) is 11.2 Å². The largest absolute Gasteiger partial charge is 0.491 e. The molecule has 21 heavy (non-hydrogen) atoms. The van der Waals surface area contributed by atoms with Crippen LogP contribution in [0.15, 0.2) is 29.7 Å². The quantitative estimate of drug-likeness (QED) is 0.526. The first-order valence-corrected chi connectivity index (χ1v) is 7.65. The summed E-state index contributed by atoms with van der Waals surface area (Å²) in [4.78, 5) is 11.1. The maximum Gasteiger partial charge on any atom is 0.491 e. The monoisotopic (exact) mass is 304 g/mol. The van der Waals surface area contributed by atoms with Gasteiger partial charge < -0.3 is 9.31 Å². The van der Waals surface area contributed by atoms with Crippen molar-refractivity contribution in [3.63, 3.8) is 0 Å². The van der Waals surface area contributed by atoms with E-state index in [0.29, 0.717) is 11.3 Å². The summed E-state index contributed by atoms with van der Waals surface area (Å²) in [7, 11) is -0.438.